The second-order valence-electron chi connectivity index (χ2n) is 14.2. The molecule has 4 amide bonds. The third-order valence-corrected chi connectivity index (χ3v) is 9.53. The number of hydrogen-bond donors (Lipinski definition) is 3. The predicted molar refractivity (Wildman–Crippen MR) is 153 cm³/mol. The molecule has 1 aromatic rings. The standard InChI is InChI=1S/C32H44N4O5/c1-31(2,3)26(35-27(38)20-13-14-20)30(41)36-17-21-23(32(21,4)5)24(36)28(39)34-22(15-18-11-12-18)25(37)29(40)33-16-19-9-7-6-8-10-19/h6-10,18,20-24,26H,11-17H2,1-5H3,(H,33,40)(H,34,39)(H,35,38)/t21-,22?,23-,24-,26+/m0/s1. The zero-order valence-electron chi connectivity index (χ0n) is 24.9. The lowest BCUT2D eigenvalue weighted by Gasteiger charge is -2.38. The number of rotatable bonds is 11. The second kappa shape index (κ2) is 10.9. The molecule has 222 valence electrons. The Balaban J connectivity index is 1.31. The molecule has 1 unspecified atom stereocenters. The third-order valence-electron chi connectivity index (χ3n) is 9.53. The number of amides is 4. The SMILES string of the molecule is CC(C)(C)[C@H](NC(=O)C1CC1)C(=O)N1C[C@H]2[C@@H]([C@H]1C(=O)NC(CC1CC1)C(=O)C(=O)NCc1ccccc1)C2(C)C. The number of fused-ring (bicyclic) bond motifs is 1. The number of carbonyl (C=O) groups is 5. The van der Waals surface area contributed by atoms with Crippen molar-refractivity contribution in [2.45, 2.75) is 91.4 Å². The fourth-order valence-corrected chi connectivity index (χ4v) is 6.43. The van der Waals surface area contributed by atoms with Crippen LogP contribution in [0.2, 0.25) is 0 Å². The van der Waals surface area contributed by atoms with Gasteiger partial charge in [0.05, 0.1) is 6.04 Å². The van der Waals surface area contributed by atoms with E-state index in [2.05, 4.69) is 29.8 Å². The van der Waals surface area contributed by atoms with Gasteiger partial charge in [-0.1, -0.05) is 77.8 Å². The molecule has 5 atom stereocenters. The Morgan fingerprint density at radius 1 is 0.951 bits per heavy atom. The summed E-state index contributed by atoms with van der Waals surface area (Å²) in [6, 6.07) is 6.87. The average molecular weight is 565 g/mol. The average Bonchev–Trinajstić information content (AvgIpc) is 3.86. The largest absolute Gasteiger partial charge is 0.345 e. The van der Waals surface area contributed by atoms with Gasteiger partial charge in [0, 0.05) is 19.0 Å². The van der Waals surface area contributed by atoms with Crippen LogP contribution >= 0.6 is 0 Å². The van der Waals surface area contributed by atoms with Gasteiger partial charge in [-0.05, 0) is 53.4 Å². The molecule has 3 aliphatic carbocycles. The van der Waals surface area contributed by atoms with E-state index < -0.39 is 41.1 Å². The smallest absolute Gasteiger partial charge is 0.289 e. The highest BCUT2D eigenvalue weighted by Crippen LogP contribution is 2.65. The van der Waals surface area contributed by atoms with Gasteiger partial charge in [-0.2, -0.15) is 0 Å². The first-order chi connectivity index (χ1) is 19.3. The van der Waals surface area contributed by atoms with Crippen LogP contribution in [0, 0.1) is 34.5 Å². The molecular weight excluding hydrogens is 520 g/mol. The van der Waals surface area contributed by atoms with Crippen LogP contribution in [0.1, 0.15) is 72.3 Å². The number of likely N-dealkylation sites (tertiary alicyclic amines) is 1. The summed E-state index contributed by atoms with van der Waals surface area (Å²) in [5, 5.41) is 8.57. The number of piperidine rings is 1. The van der Waals surface area contributed by atoms with Gasteiger partial charge < -0.3 is 20.9 Å². The van der Waals surface area contributed by atoms with Crippen molar-refractivity contribution < 1.29 is 24.0 Å². The zero-order chi connectivity index (χ0) is 29.7. The Kier molecular flexibility index (Phi) is 7.76. The van der Waals surface area contributed by atoms with Gasteiger partial charge >= 0.3 is 0 Å². The maximum absolute atomic E-state index is 14.0. The lowest BCUT2D eigenvalue weighted by atomic mass is 9.85. The molecule has 0 aromatic heterocycles. The van der Waals surface area contributed by atoms with Crippen LogP contribution in [0.5, 0.6) is 0 Å². The van der Waals surface area contributed by atoms with Crippen LogP contribution in [0.4, 0.5) is 0 Å². The molecule has 1 saturated heterocycles. The molecule has 5 rings (SSSR count). The minimum Gasteiger partial charge on any atom is -0.345 e. The first-order valence-corrected chi connectivity index (χ1v) is 15.1. The maximum Gasteiger partial charge on any atom is 0.289 e. The molecule has 1 aromatic carbocycles. The number of nitrogens with one attached hydrogen (secondary N) is 3. The van der Waals surface area contributed by atoms with Gasteiger partial charge in [-0.3, -0.25) is 24.0 Å². The summed E-state index contributed by atoms with van der Waals surface area (Å²) in [5.41, 5.74) is 0.212. The van der Waals surface area contributed by atoms with Gasteiger partial charge in [0.2, 0.25) is 23.5 Å². The number of carbonyl (C=O) groups excluding carboxylic acids is 5. The van der Waals surface area contributed by atoms with Crippen molar-refractivity contribution in [1.82, 2.24) is 20.9 Å². The van der Waals surface area contributed by atoms with Crippen molar-refractivity contribution in [3.8, 4) is 0 Å². The zero-order valence-corrected chi connectivity index (χ0v) is 24.9. The Hall–Kier alpha value is -3.23. The fraction of sp³-hybridized carbons (Fsp3) is 0.656. The summed E-state index contributed by atoms with van der Waals surface area (Å²) in [6.45, 7) is 10.6. The van der Waals surface area contributed by atoms with Crippen LogP contribution in [-0.4, -0.2) is 59.0 Å². The summed E-state index contributed by atoms with van der Waals surface area (Å²) in [6.07, 6.45) is 4.00. The van der Waals surface area contributed by atoms with E-state index in [1.165, 1.54) is 0 Å². The van der Waals surface area contributed by atoms with E-state index in [-0.39, 0.29) is 41.5 Å². The number of nitrogens with zero attached hydrogens (tertiary/aromatic N) is 1. The molecule has 41 heavy (non-hydrogen) atoms. The molecule has 9 heteroatoms. The second-order valence-corrected chi connectivity index (χ2v) is 14.2. The van der Waals surface area contributed by atoms with E-state index >= 15 is 0 Å². The number of hydrogen-bond acceptors (Lipinski definition) is 5. The minimum atomic E-state index is -0.948. The van der Waals surface area contributed by atoms with E-state index in [9.17, 15) is 24.0 Å². The molecule has 0 spiro atoms. The van der Waals surface area contributed by atoms with Crippen LogP contribution < -0.4 is 16.0 Å². The Labute approximate surface area is 242 Å². The van der Waals surface area contributed by atoms with Gasteiger partial charge in [0.25, 0.3) is 5.91 Å². The lowest BCUT2D eigenvalue weighted by molar-refractivity contribution is -0.146. The molecule has 1 heterocycles. The molecule has 9 nitrogen and oxygen atoms in total. The van der Waals surface area contributed by atoms with Crippen LogP contribution in [0.15, 0.2) is 30.3 Å². The number of ketones is 1. The van der Waals surface area contributed by atoms with Crippen LogP contribution in [-0.2, 0) is 30.5 Å². The first kappa shape index (κ1) is 29.3. The third kappa shape index (κ3) is 6.33. The van der Waals surface area contributed by atoms with Crippen molar-refractivity contribution in [3.63, 3.8) is 0 Å². The van der Waals surface area contributed by atoms with E-state index in [1.54, 1.807) is 4.90 Å². The Bertz CT molecular complexity index is 1210. The molecule has 0 bridgehead atoms. The summed E-state index contributed by atoms with van der Waals surface area (Å²) in [7, 11) is 0. The fourth-order valence-electron chi connectivity index (χ4n) is 6.43. The van der Waals surface area contributed by atoms with E-state index in [1.807, 2.05) is 51.1 Å². The molecule has 3 saturated carbocycles. The monoisotopic (exact) mass is 564 g/mol. The normalized spacial score (nSPS) is 25.9. The lowest BCUT2D eigenvalue weighted by Crippen LogP contribution is -2.60. The molecule has 4 fully saturated rings. The highest BCUT2D eigenvalue weighted by atomic mass is 16.2. The molecule has 4 aliphatic rings. The van der Waals surface area contributed by atoms with Crippen molar-refractivity contribution in [1.29, 1.82) is 0 Å². The van der Waals surface area contributed by atoms with Gasteiger partial charge in [0.15, 0.2) is 0 Å². The van der Waals surface area contributed by atoms with Gasteiger partial charge in [-0.15, -0.1) is 0 Å². The highest BCUT2D eigenvalue weighted by molar-refractivity contribution is 6.38. The minimum absolute atomic E-state index is 0.0418. The van der Waals surface area contributed by atoms with Crippen molar-refractivity contribution >= 4 is 29.4 Å². The summed E-state index contributed by atoms with van der Waals surface area (Å²) in [4.78, 5) is 68.4. The molecule has 0 radical (unpaired) electrons. The summed E-state index contributed by atoms with van der Waals surface area (Å²) >= 11 is 0. The Morgan fingerprint density at radius 3 is 2.20 bits per heavy atom. The predicted octanol–water partition coefficient (Wildman–Crippen LogP) is 2.58. The van der Waals surface area contributed by atoms with Crippen molar-refractivity contribution in [2.24, 2.45) is 34.5 Å². The summed E-state index contributed by atoms with van der Waals surface area (Å²) < 4.78 is 0. The summed E-state index contributed by atoms with van der Waals surface area (Å²) in [5.74, 6) is -1.79. The van der Waals surface area contributed by atoms with E-state index in [4.69, 9.17) is 0 Å². The quantitative estimate of drug-likeness (QED) is 0.357. The maximum atomic E-state index is 14.0. The van der Waals surface area contributed by atoms with E-state index in [0.717, 1.165) is 31.2 Å². The Morgan fingerprint density at radius 2 is 1.61 bits per heavy atom. The van der Waals surface area contributed by atoms with Gasteiger partial charge in [0.1, 0.15) is 12.1 Å². The number of Topliss-reactive ketones (excluding diaryl/α,β-unsaturated/α-hetero) is 1. The van der Waals surface area contributed by atoms with Crippen molar-refractivity contribution in [3.05, 3.63) is 35.9 Å². The topological polar surface area (TPSA) is 125 Å². The first-order valence-electron chi connectivity index (χ1n) is 15.1. The van der Waals surface area contributed by atoms with E-state index in [0.29, 0.717) is 18.9 Å². The molecular formula is C32H44N4O5. The molecule has 1 aliphatic heterocycles. The highest BCUT2D eigenvalue weighted by Gasteiger charge is 2.70. The van der Waals surface area contributed by atoms with Crippen LogP contribution in [0.3, 0.4) is 0 Å². The number of benzene rings is 1. The van der Waals surface area contributed by atoms with Gasteiger partial charge in [-0.25, -0.2) is 0 Å². The molecule has 3 N–H and O–H groups in total. The van der Waals surface area contributed by atoms with Crippen LogP contribution in [0.25, 0.3) is 0 Å². The van der Waals surface area contributed by atoms with Crippen molar-refractivity contribution in [2.75, 3.05) is 6.54 Å².